The molecule has 4 rings (SSSR count). The number of nitrogens with zero attached hydrogens (tertiary/aromatic N) is 1. The zero-order chi connectivity index (χ0) is 22.1. The van der Waals surface area contributed by atoms with Crippen LogP contribution in [0.1, 0.15) is 52.1 Å². The molecule has 2 aliphatic heterocycles. The van der Waals surface area contributed by atoms with Crippen LogP contribution in [0, 0.1) is 5.92 Å². The Bertz CT molecular complexity index is 1020. The largest absolute Gasteiger partial charge is 0.467 e. The summed E-state index contributed by atoms with van der Waals surface area (Å²) in [4.78, 5) is 40.0. The first-order chi connectivity index (χ1) is 14.9. The average molecular weight is 444 g/mol. The topological polar surface area (TPSA) is 82.1 Å². The lowest BCUT2D eigenvalue weighted by Gasteiger charge is -2.29. The van der Waals surface area contributed by atoms with Gasteiger partial charge < -0.3 is 14.2 Å². The van der Waals surface area contributed by atoms with Crippen molar-refractivity contribution in [2.24, 2.45) is 5.92 Å². The molecule has 2 unspecified atom stereocenters. The van der Waals surface area contributed by atoms with Crippen molar-refractivity contribution in [3.8, 4) is 5.75 Å². The molecule has 2 heterocycles. The van der Waals surface area contributed by atoms with Crippen LogP contribution in [0.5, 0.6) is 5.75 Å². The Morgan fingerprint density at radius 3 is 2.52 bits per heavy atom. The lowest BCUT2D eigenvalue weighted by atomic mass is 9.97. The van der Waals surface area contributed by atoms with Gasteiger partial charge in [0, 0.05) is 16.1 Å². The van der Waals surface area contributed by atoms with E-state index in [1.54, 1.807) is 36.4 Å². The van der Waals surface area contributed by atoms with Crippen LogP contribution in [0.25, 0.3) is 0 Å². The van der Waals surface area contributed by atoms with Crippen LogP contribution in [0.2, 0.25) is 5.02 Å². The molecule has 0 fully saturated rings. The van der Waals surface area contributed by atoms with Crippen molar-refractivity contribution in [3.63, 3.8) is 0 Å². The van der Waals surface area contributed by atoms with Crippen molar-refractivity contribution in [2.75, 3.05) is 6.79 Å². The first-order valence-electron chi connectivity index (χ1n) is 10.1. The van der Waals surface area contributed by atoms with E-state index in [1.165, 1.54) is 0 Å². The van der Waals surface area contributed by atoms with Gasteiger partial charge in [0.1, 0.15) is 18.4 Å². The molecule has 2 amide bonds. The van der Waals surface area contributed by atoms with E-state index in [-0.39, 0.29) is 19.3 Å². The highest BCUT2D eigenvalue weighted by Crippen LogP contribution is 2.33. The van der Waals surface area contributed by atoms with Crippen molar-refractivity contribution < 1.29 is 28.6 Å². The Morgan fingerprint density at radius 1 is 1.19 bits per heavy atom. The Labute approximate surface area is 184 Å². The molecule has 0 saturated heterocycles. The van der Waals surface area contributed by atoms with Gasteiger partial charge >= 0.3 is 5.97 Å². The van der Waals surface area contributed by atoms with Gasteiger partial charge in [-0.25, -0.2) is 4.79 Å². The minimum atomic E-state index is -1.03. The summed E-state index contributed by atoms with van der Waals surface area (Å²) in [6.45, 7) is 4.06. The van der Waals surface area contributed by atoms with Crippen molar-refractivity contribution in [2.45, 2.75) is 39.5 Å². The number of hydrogen-bond donors (Lipinski definition) is 0. The predicted molar refractivity (Wildman–Crippen MR) is 112 cm³/mol. The van der Waals surface area contributed by atoms with Gasteiger partial charge in [-0.2, -0.15) is 0 Å². The summed E-state index contributed by atoms with van der Waals surface area (Å²) >= 11 is 6.18. The molecule has 2 aromatic rings. The van der Waals surface area contributed by atoms with E-state index in [4.69, 9.17) is 25.8 Å². The molecule has 7 nitrogen and oxygen atoms in total. The summed E-state index contributed by atoms with van der Waals surface area (Å²) in [5, 5.41) is 0.470. The van der Waals surface area contributed by atoms with Gasteiger partial charge in [-0.15, -0.1) is 0 Å². The number of halogens is 1. The van der Waals surface area contributed by atoms with Gasteiger partial charge in [-0.1, -0.05) is 44.0 Å². The molecule has 0 spiro atoms. The lowest BCUT2D eigenvalue weighted by molar-refractivity contribution is -0.151. The number of fused-ring (bicyclic) bond motifs is 2. The number of benzene rings is 2. The molecule has 0 aliphatic carbocycles. The fraction of sp³-hybridized carbons (Fsp3) is 0.348. The van der Waals surface area contributed by atoms with Gasteiger partial charge in [-0.3, -0.25) is 14.5 Å². The van der Waals surface area contributed by atoms with Crippen molar-refractivity contribution >= 4 is 29.4 Å². The third-order valence-electron chi connectivity index (χ3n) is 5.65. The van der Waals surface area contributed by atoms with E-state index in [1.807, 2.05) is 13.8 Å². The number of hydrogen-bond acceptors (Lipinski definition) is 6. The molecule has 0 N–H and O–H groups in total. The third-order valence-corrected chi connectivity index (χ3v) is 5.87. The van der Waals surface area contributed by atoms with Crippen LogP contribution in [-0.2, 0) is 27.5 Å². The number of esters is 1. The van der Waals surface area contributed by atoms with Gasteiger partial charge in [0.2, 0.25) is 0 Å². The van der Waals surface area contributed by atoms with Crippen molar-refractivity contribution in [1.29, 1.82) is 0 Å². The number of carbonyl (C=O) groups is 3. The second-order valence-electron chi connectivity index (χ2n) is 7.63. The zero-order valence-corrected chi connectivity index (χ0v) is 18.0. The summed E-state index contributed by atoms with van der Waals surface area (Å²) < 4.78 is 16.4. The van der Waals surface area contributed by atoms with Gasteiger partial charge in [-0.05, 0) is 30.2 Å². The number of amides is 2. The summed E-state index contributed by atoms with van der Waals surface area (Å²) in [6, 6.07) is 8.93. The van der Waals surface area contributed by atoms with E-state index in [0.717, 1.165) is 10.5 Å². The number of carbonyl (C=O) groups excluding carboxylic acids is 3. The lowest BCUT2D eigenvalue weighted by Crippen LogP contribution is -2.49. The summed E-state index contributed by atoms with van der Waals surface area (Å²) in [5.41, 5.74) is 1.96. The molecule has 2 aliphatic rings. The summed E-state index contributed by atoms with van der Waals surface area (Å²) in [6.07, 6.45) is 0.584. The zero-order valence-electron chi connectivity index (χ0n) is 17.2. The van der Waals surface area contributed by atoms with Crippen molar-refractivity contribution in [3.05, 3.63) is 63.7 Å². The monoisotopic (exact) mass is 443 g/mol. The fourth-order valence-corrected chi connectivity index (χ4v) is 4.14. The van der Waals surface area contributed by atoms with E-state index in [0.29, 0.717) is 40.5 Å². The highest BCUT2D eigenvalue weighted by atomic mass is 35.5. The van der Waals surface area contributed by atoms with Gasteiger partial charge in [0.15, 0.2) is 6.79 Å². The van der Waals surface area contributed by atoms with Crippen LogP contribution >= 0.6 is 11.6 Å². The maximum Gasteiger partial charge on any atom is 0.329 e. The number of ether oxygens (including phenoxy) is 3. The predicted octanol–water partition coefficient (Wildman–Crippen LogP) is 3.96. The van der Waals surface area contributed by atoms with Crippen LogP contribution in [0.15, 0.2) is 36.4 Å². The first kappa shape index (κ1) is 21.3. The first-order valence-corrected chi connectivity index (χ1v) is 10.5. The molecule has 0 radical (unpaired) electrons. The van der Waals surface area contributed by atoms with Crippen molar-refractivity contribution in [1.82, 2.24) is 4.90 Å². The summed E-state index contributed by atoms with van der Waals surface area (Å²) in [7, 11) is 0. The second kappa shape index (κ2) is 8.69. The van der Waals surface area contributed by atoms with E-state index < -0.39 is 23.8 Å². The molecule has 2 atom stereocenters. The number of rotatable bonds is 6. The highest BCUT2D eigenvalue weighted by molar-refractivity contribution is 6.30. The molecule has 0 aromatic heterocycles. The quantitative estimate of drug-likeness (QED) is 0.496. The van der Waals surface area contributed by atoms with Gasteiger partial charge in [0.05, 0.1) is 17.7 Å². The SMILES string of the molecule is CCC(C)C(C(=O)OCc1cc(Cl)cc2c1OCOC2)N1C(=O)c2ccccc2C1=O. The Morgan fingerprint density at radius 2 is 1.87 bits per heavy atom. The fourth-order valence-electron chi connectivity index (χ4n) is 3.87. The minimum Gasteiger partial charge on any atom is -0.467 e. The van der Waals surface area contributed by atoms with Crippen LogP contribution in [0.3, 0.4) is 0 Å². The van der Waals surface area contributed by atoms with Crippen LogP contribution in [-0.4, -0.2) is 35.5 Å². The molecular weight excluding hydrogens is 422 g/mol. The van der Waals surface area contributed by atoms with E-state index >= 15 is 0 Å². The molecule has 31 heavy (non-hydrogen) atoms. The normalized spacial score (nSPS) is 16.9. The maximum atomic E-state index is 13.1. The second-order valence-corrected chi connectivity index (χ2v) is 8.06. The van der Waals surface area contributed by atoms with Gasteiger partial charge in [0.25, 0.3) is 11.8 Å². The Kier molecular flexibility index (Phi) is 5.98. The highest BCUT2D eigenvalue weighted by Gasteiger charge is 2.45. The van der Waals surface area contributed by atoms with Crippen LogP contribution < -0.4 is 4.74 Å². The third kappa shape index (κ3) is 3.91. The minimum absolute atomic E-state index is 0.0973. The van der Waals surface area contributed by atoms with E-state index in [9.17, 15) is 14.4 Å². The van der Waals surface area contributed by atoms with Crippen LogP contribution in [0.4, 0.5) is 0 Å². The summed E-state index contributed by atoms with van der Waals surface area (Å²) in [5.74, 6) is -1.33. The molecular formula is C23H22ClNO6. The Hall–Kier alpha value is -2.90. The smallest absolute Gasteiger partial charge is 0.329 e. The molecule has 0 bridgehead atoms. The Balaban J connectivity index is 1.58. The molecule has 162 valence electrons. The standard InChI is InChI=1S/C23H22ClNO6/c1-3-13(2)19(25-21(26)17-6-4-5-7-18(17)22(25)27)23(28)30-11-15-9-16(24)8-14-10-29-12-31-20(14)15/h4-9,13,19H,3,10-12H2,1-2H3. The number of imide groups is 1. The average Bonchev–Trinajstić information content (AvgIpc) is 3.02. The molecule has 2 aromatic carbocycles. The van der Waals surface area contributed by atoms with E-state index in [2.05, 4.69) is 0 Å². The molecule has 0 saturated carbocycles. The maximum absolute atomic E-state index is 13.1. The molecule has 8 heteroatoms.